The van der Waals surface area contributed by atoms with Crippen LogP contribution in [-0.4, -0.2) is 79.7 Å². The molecule has 17 heavy (non-hydrogen) atoms. The van der Waals surface area contributed by atoms with E-state index < -0.39 is 37.0 Å². The minimum atomic E-state index is -1.79. The molecule has 0 saturated carbocycles. The number of aliphatic carboxylic acids is 1. The second-order valence-electron chi connectivity index (χ2n) is 2.91. The summed E-state index contributed by atoms with van der Waals surface area (Å²) in [6.07, 6.45) is -6.84. The summed E-state index contributed by atoms with van der Waals surface area (Å²) in [5.74, 6) is -0.965. The van der Waals surface area contributed by atoms with Crippen molar-refractivity contribution in [2.45, 2.75) is 24.4 Å². The molecular formula is C8H16O8S. The van der Waals surface area contributed by atoms with Crippen LogP contribution in [0.1, 0.15) is 0 Å². The first-order valence-electron chi connectivity index (χ1n) is 4.42. The smallest absolute Gasteiger partial charge is 0.313 e. The van der Waals surface area contributed by atoms with Crippen molar-refractivity contribution in [1.29, 1.82) is 0 Å². The van der Waals surface area contributed by atoms with Gasteiger partial charge in [-0.15, -0.1) is 0 Å². The predicted octanol–water partition coefficient (Wildman–Crippen LogP) is -3.38. The number of aliphatic hydroxyl groups is 5. The minimum absolute atomic E-state index is 0.0258. The molecular weight excluding hydrogens is 256 g/mol. The average Bonchev–Trinajstić information content (AvgIpc) is 2.35. The van der Waals surface area contributed by atoms with Gasteiger partial charge in [-0.3, -0.25) is 4.79 Å². The van der Waals surface area contributed by atoms with Crippen molar-refractivity contribution in [2.24, 2.45) is 0 Å². The lowest BCUT2D eigenvalue weighted by Crippen LogP contribution is -2.46. The van der Waals surface area contributed by atoms with Crippen LogP contribution in [0.2, 0.25) is 0 Å². The number of hydrogen-bond donors (Lipinski definition) is 7. The van der Waals surface area contributed by atoms with Crippen LogP contribution >= 0.6 is 12.6 Å². The Hall–Kier alpha value is -0.710. The van der Waals surface area contributed by atoms with Crippen molar-refractivity contribution in [3.63, 3.8) is 0 Å². The predicted molar refractivity (Wildman–Crippen MR) is 58.7 cm³/mol. The highest BCUT2D eigenvalue weighted by atomic mass is 32.1. The van der Waals surface area contributed by atoms with Crippen LogP contribution in [0.3, 0.4) is 0 Å². The zero-order chi connectivity index (χ0) is 14.0. The van der Waals surface area contributed by atoms with E-state index in [1.807, 2.05) is 0 Å². The van der Waals surface area contributed by atoms with E-state index in [9.17, 15) is 9.59 Å². The summed E-state index contributed by atoms with van der Waals surface area (Å²) >= 11 is 3.42. The lowest BCUT2D eigenvalue weighted by Gasteiger charge is -2.22. The van der Waals surface area contributed by atoms with Gasteiger partial charge < -0.3 is 35.4 Å². The molecule has 0 saturated heterocycles. The number of carboxylic acids is 1. The van der Waals surface area contributed by atoms with Crippen LogP contribution in [-0.2, 0) is 9.59 Å². The van der Waals surface area contributed by atoms with Crippen LogP contribution in [0.15, 0.2) is 0 Å². The first-order chi connectivity index (χ1) is 7.81. The number of carbonyl (C=O) groups is 2. The first-order valence-corrected chi connectivity index (χ1v) is 5.06. The summed E-state index contributed by atoms with van der Waals surface area (Å²) in [5, 5.41) is 51.2. The Balaban J connectivity index is 0. The highest BCUT2D eigenvalue weighted by molar-refractivity contribution is 7.81. The van der Waals surface area contributed by atoms with Gasteiger partial charge in [0.05, 0.1) is 12.4 Å². The zero-order valence-electron chi connectivity index (χ0n) is 8.75. The van der Waals surface area contributed by atoms with Gasteiger partial charge in [-0.1, -0.05) is 0 Å². The molecule has 9 heteroatoms. The van der Waals surface area contributed by atoms with Gasteiger partial charge in [0.2, 0.25) is 0 Å². The van der Waals surface area contributed by atoms with Crippen molar-refractivity contribution < 1.29 is 40.2 Å². The Morgan fingerprint density at radius 1 is 1.18 bits per heavy atom. The Morgan fingerprint density at radius 3 is 1.82 bits per heavy atom. The van der Waals surface area contributed by atoms with Gasteiger partial charge >= 0.3 is 5.97 Å². The molecule has 0 aromatic heterocycles. The van der Waals surface area contributed by atoms with E-state index in [0.29, 0.717) is 0 Å². The lowest BCUT2D eigenvalue weighted by molar-refractivity contribution is -0.136. The van der Waals surface area contributed by atoms with Gasteiger partial charge in [-0.05, 0) is 0 Å². The molecule has 8 nitrogen and oxygen atoms in total. The fourth-order valence-electron chi connectivity index (χ4n) is 0.618. The summed E-state index contributed by atoms with van der Waals surface area (Å²) in [7, 11) is 0. The number of hydrogen-bond acceptors (Lipinski definition) is 8. The molecule has 102 valence electrons. The highest BCUT2D eigenvalue weighted by Crippen LogP contribution is 2.02. The molecule has 0 spiro atoms. The summed E-state index contributed by atoms with van der Waals surface area (Å²) < 4.78 is 0. The van der Waals surface area contributed by atoms with Crippen LogP contribution in [0, 0.1) is 0 Å². The second-order valence-corrected chi connectivity index (χ2v) is 3.23. The van der Waals surface area contributed by atoms with Crippen LogP contribution < -0.4 is 0 Å². The molecule has 0 radical (unpaired) electrons. The summed E-state index contributed by atoms with van der Waals surface area (Å²) in [6, 6.07) is 0. The van der Waals surface area contributed by atoms with Crippen LogP contribution in [0.25, 0.3) is 0 Å². The number of rotatable bonds is 6. The van der Waals surface area contributed by atoms with Gasteiger partial charge in [0.1, 0.15) is 24.4 Å². The van der Waals surface area contributed by atoms with Gasteiger partial charge in [0, 0.05) is 0 Å². The number of aldehydes is 1. The third-order valence-electron chi connectivity index (χ3n) is 1.56. The molecule has 6 N–H and O–H groups in total. The summed E-state index contributed by atoms with van der Waals surface area (Å²) in [4.78, 5) is 19.2. The second kappa shape index (κ2) is 10.4. The van der Waals surface area contributed by atoms with Gasteiger partial charge in [0.25, 0.3) is 0 Å². The third-order valence-corrected chi connectivity index (χ3v) is 1.83. The molecule has 0 bridgehead atoms. The van der Waals surface area contributed by atoms with Gasteiger partial charge in [-0.2, -0.15) is 12.6 Å². The fourth-order valence-corrected chi connectivity index (χ4v) is 0.618. The Labute approximate surface area is 103 Å². The van der Waals surface area contributed by atoms with Crippen molar-refractivity contribution >= 4 is 24.9 Å². The summed E-state index contributed by atoms with van der Waals surface area (Å²) in [5.41, 5.74) is 0. The Bertz CT molecular complexity index is 224. The Kier molecular flexibility index (Phi) is 11.5. The maximum Gasteiger partial charge on any atom is 0.313 e. The van der Waals surface area contributed by atoms with E-state index in [-0.39, 0.29) is 12.0 Å². The summed E-state index contributed by atoms with van der Waals surface area (Å²) in [6.45, 7) is -0.760. The number of carboxylic acid groups (broad SMARTS) is 1. The van der Waals surface area contributed by atoms with E-state index in [0.717, 1.165) is 0 Å². The normalized spacial score (nSPS) is 17.1. The lowest BCUT2D eigenvalue weighted by atomic mass is 10.0. The molecule has 0 aliphatic carbocycles. The molecule has 0 aliphatic heterocycles. The molecule has 0 aromatic carbocycles. The largest absolute Gasteiger partial charge is 0.481 e. The van der Waals surface area contributed by atoms with Crippen LogP contribution in [0.5, 0.6) is 0 Å². The van der Waals surface area contributed by atoms with E-state index in [4.69, 9.17) is 30.6 Å². The number of carbonyl (C=O) groups excluding carboxylic acids is 1. The van der Waals surface area contributed by atoms with Crippen molar-refractivity contribution in [2.75, 3.05) is 12.4 Å². The van der Waals surface area contributed by atoms with Gasteiger partial charge in [0.15, 0.2) is 6.29 Å². The molecule has 4 unspecified atom stereocenters. The standard InChI is InChI=1S/C6H12O6.C2H4O2S/c7-1-3(9)5(11)6(12)4(10)2-8;3-2(4)1-5/h1,3-6,8-12H,2H2;5H,1H2,(H,3,4). The molecule has 0 amide bonds. The quantitative estimate of drug-likeness (QED) is 0.195. The van der Waals surface area contributed by atoms with Crippen molar-refractivity contribution in [3.05, 3.63) is 0 Å². The van der Waals surface area contributed by atoms with E-state index in [1.165, 1.54) is 0 Å². The maximum atomic E-state index is 9.90. The van der Waals surface area contributed by atoms with Crippen LogP contribution in [0.4, 0.5) is 0 Å². The molecule has 4 atom stereocenters. The SMILES string of the molecule is O=C(O)CS.O=CC(O)C(O)C(O)C(O)CO. The Morgan fingerprint density at radius 2 is 1.59 bits per heavy atom. The average molecular weight is 272 g/mol. The minimum Gasteiger partial charge on any atom is -0.481 e. The van der Waals surface area contributed by atoms with E-state index >= 15 is 0 Å². The van der Waals surface area contributed by atoms with E-state index in [1.54, 1.807) is 0 Å². The fraction of sp³-hybridized carbons (Fsp3) is 0.750. The highest BCUT2D eigenvalue weighted by Gasteiger charge is 2.29. The third kappa shape index (κ3) is 9.03. The number of aliphatic hydroxyl groups excluding tert-OH is 5. The van der Waals surface area contributed by atoms with Crippen molar-refractivity contribution in [3.8, 4) is 0 Å². The number of thiol groups is 1. The molecule has 0 rings (SSSR count). The molecule has 0 fully saturated rings. The van der Waals surface area contributed by atoms with E-state index in [2.05, 4.69) is 12.6 Å². The molecule has 0 aliphatic rings. The molecule has 0 aromatic rings. The topological polar surface area (TPSA) is 156 Å². The molecule has 0 heterocycles. The first kappa shape index (κ1) is 18.6. The monoisotopic (exact) mass is 272 g/mol. The van der Waals surface area contributed by atoms with Gasteiger partial charge in [-0.25, -0.2) is 0 Å². The van der Waals surface area contributed by atoms with Crippen molar-refractivity contribution in [1.82, 2.24) is 0 Å². The maximum absolute atomic E-state index is 9.90. The zero-order valence-corrected chi connectivity index (χ0v) is 9.64.